The summed E-state index contributed by atoms with van der Waals surface area (Å²) in [6, 6.07) is 0.0315. The van der Waals surface area contributed by atoms with Crippen molar-refractivity contribution in [3.8, 4) is 12.3 Å². The fourth-order valence-electron chi connectivity index (χ4n) is 0.780. The van der Waals surface area contributed by atoms with Gasteiger partial charge in [-0.15, -0.1) is 18.9 Å². The molecule has 0 aromatic rings. The summed E-state index contributed by atoms with van der Waals surface area (Å²) in [4.78, 5) is 0. The fourth-order valence-corrected chi connectivity index (χ4v) is 0.780. The number of rotatable bonds is 5. The highest BCUT2D eigenvalue weighted by Crippen LogP contribution is 2.07. The van der Waals surface area contributed by atoms with Gasteiger partial charge >= 0.3 is 0 Å². The predicted octanol–water partition coefficient (Wildman–Crippen LogP) is 1.86. The number of hydrogen-bond acceptors (Lipinski definition) is 1. The highest BCUT2D eigenvalue weighted by atomic mass is 14.6. The van der Waals surface area contributed by atoms with Crippen LogP contribution in [0.25, 0.3) is 0 Å². The van der Waals surface area contributed by atoms with Crippen molar-refractivity contribution in [2.24, 2.45) is 5.73 Å². The molecule has 0 amide bonds. The molecule has 0 rings (SSSR count). The largest absolute Gasteiger partial charge is 0.324 e. The van der Waals surface area contributed by atoms with E-state index in [1.165, 1.54) is 0 Å². The lowest BCUT2D eigenvalue weighted by Crippen LogP contribution is -2.21. The molecular weight excluding hydrogens is 134 g/mol. The first-order valence-corrected chi connectivity index (χ1v) is 3.70. The minimum Gasteiger partial charge on any atom is -0.324 e. The van der Waals surface area contributed by atoms with E-state index in [0.717, 1.165) is 24.8 Å². The molecule has 1 atom stereocenters. The van der Waals surface area contributed by atoms with Crippen LogP contribution in [0.4, 0.5) is 0 Å². The van der Waals surface area contributed by atoms with Crippen molar-refractivity contribution in [2.75, 3.05) is 0 Å². The van der Waals surface area contributed by atoms with Crippen LogP contribution in [0.1, 0.15) is 19.3 Å². The zero-order valence-corrected chi connectivity index (χ0v) is 6.84. The Balaban J connectivity index is 3.65. The molecule has 0 saturated heterocycles. The summed E-state index contributed by atoms with van der Waals surface area (Å²) in [6.07, 6.45) is 9.22. The Bertz CT molecular complexity index is 174. The van der Waals surface area contributed by atoms with E-state index in [0.29, 0.717) is 0 Å². The van der Waals surface area contributed by atoms with Crippen molar-refractivity contribution in [2.45, 2.75) is 25.3 Å². The van der Waals surface area contributed by atoms with E-state index in [-0.39, 0.29) is 6.04 Å². The van der Waals surface area contributed by atoms with Crippen LogP contribution >= 0.6 is 0 Å². The third kappa shape index (κ3) is 4.41. The molecule has 1 nitrogen and oxygen atoms in total. The highest BCUT2D eigenvalue weighted by Gasteiger charge is 2.03. The van der Waals surface area contributed by atoms with Crippen molar-refractivity contribution in [1.29, 1.82) is 0 Å². The molecule has 0 bridgehead atoms. The Morgan fingerprint density at radius 1 is 1.73 bits per heavy atom. The van der Waals surface area contributed by atoms with Crippen molar-refractivity contribution >= 4 is 0 Å². The number of hydrogen-bond donors (Lipinski definition) is 1. The quantitative estimate of drug-likeness (QED) is 0.468. The van der Waals surface area contributed by atoms with Crippen LogP contribution in [-0.2, 0) is 0 Å². The summed E-state index contributed by atoms with van der Waals surface area (Å²) in [5, 5.41) is 0. The summed E-state index contributed by atoms with van der Waals surface area (Å²) in [5.74, 6) is 2.55. The molecule has 0 fully saturated rings. The molecule has 0 saturated carbocycles. The molecule has 0 aromatic carbocycles. The van der Waals surface area contributed by atoms with Gasteiger partial charge in [-0.25, -0.2) is 0 Å². The Hall–Kier alpha value is -1.00. The molecular formula is C10H15N. The third-order valence-corrected chi connectivity index (χ3v) is 1.53. The van der Waals surface area contributed by atoms with Crippen LogP contribution in [0, 0.1) is 12.3 Å². The van der Waals surface area contributed by atoms with Crippen LogP contribution in [-0.4, -0.2) is 6.04 Å². The second-order valence-electron chi connectivity index (χ2n) is 2.50. The van der Waals surface area contributed by atoms with E-state index in [1.54, 1.807) is 6.08 Å². The fraction of sp³-hybridized carbons (Fsp3) is 0.400. The van der Waals surface area contributed by atoms with Crippen molar-refractivity contribution in [1.82, 2.24) is 0 Å². The lowest BCUT2D eigenvalue weighted by molar-refractivity contribution is 0.696. The van der Waals surface area contributed by atoms with Crippen molar-refractivity contribution in [3.63, 3.8) is 0 Å². The van der Waals surface area contributed by atoms with E-state index >= 15 is 0 Å². The molecule has 0 aliphatic heterocycles. The molecule has 1 unspecified atom stereocenters. The van der Waals surface area contributed by atoms with Gasteiger partial charge in [-0.3, -0.25) is 0 Å². The molecule has 0 aromatic heterocycles. The summed E-state index contributed by atoms with van der Waals surface area (Å²) < 4.78 is 0. The Morgan fingerprint density at radius 3 is 2.82 bits per heavy atom. The maximum Gasteiger partial charge on any atom is 0.0263 e. The Labute approximate surface area is 69.0 Å². The molecule has 0 spiro atoms. The normalized spacial score (nSPS) is 11.6. The van der Waals surface area contributed by atoms with E-state index < -0.39 is 0 Å². The third-order valence-electron chi connectivity index (χ3n) is 1.53. The van der Waals surface area contributed by atoms with Gasteiger partial charge in [0.2, 0.25) is 0 Å². The van der Waals surface area contributed by atoms with Gasteiger partial charge in [0.05, 0.1) is 0 Å². The number of nitrogens with two attached hydrogens (primary N) is 1. The van der Waals surface area contributed by atoms with Crippen LogP contribution in [0.3, 0.4) is 0 Å². The Kier molecular flexibility index (Phi) is 5.24. The van der Waals surface area contributed by atoms with Crippen molar-refractivity contribution in [3.05, 3.63) is 24.8 Å². The first-order chi connectivity index (χ1) is 5.22. The maximum atomic E-state index is 5.75. The monoisotopic (exact) mass is 149 g/mol. The minimum atomic E-state index is 0.0315. The van der Waals surface area contributed by atoms with Gasteiger partial charge in [-0.2, -0.15) is 0 Å². The second kappa shape index (κ2) is 5.76. The first-order valence-electron chi connectivity index (χ1n) is 3.70. The van der Waals surface area contributed by atoms with Gasteiger partial charge in [0.15, 0.2) is 0 Å². The molecule has 1 heteroatoms. The summed E-state index contributed by atoms with van der Waals surface area (Å²) in [6.45, 7) is 7.44. The number of terminal acetylenes is 1. The van der Waals surface area contributed by atoms with E-state index in [1.807, 2.05) is 0 Å². The van der Waals surface area contributed by atoms with E-state index in [9.17, 15) is 0 Å². The average molecular weight is 149 g/mol. The van der Waals surface area contributed by atoms with Crippen molar-refractivity contribution < 1.29 is 0 Å². The van der Waals surface area contributed by atoms with Gasteiger partial charge in [0.1, 0.15) is 0 Å². The molecule has 0 radical (unpaired) electrons. The summed E-state index contributed by atoms with van der Waals surface area (Å²) in [7, 11) is 0. The van der Waals surface area contributed by atoms with Gasteiger partial charge in [-0.1, -0.05) is 18.2 Å². The van der Waals surface area contributed by atoms with E-state index in [4.69, 9.17) is 12.2 Å². The predicted molar refractivity (Wildman–Crippen MR) is 50.0 cm³/mol. The smallest absolute Gasteiger partial charge is 0.0263 e. The first kappa shape index (κ1) is 10.0. The Morgan fingerprint density at radius 2 is 2.36 bits per heavy atom. The second-order valence-corrected chi connectivity index (χ2v) is 2.50. The standard InChI is InChI=1S/C10H15N/c1-4-6-8-10(11)9(3)7-5-2/h1,5,10H,2-3,6-8,11H2. The molecule has 2 N–H and O–H groups in total. The maximum absolute atomic E-state index is 5.75. The highest BCUT2D eigenvalue weighted by molar-refractivity contribution is 5.08. The molecule has 11 heavy (non-hydrogen) atoms. The van der Waals surface area contributed by atoms with Crippen LogP contribution in [0.15, 0.2) is 24.8 Å². The van der Waals surface area contributed by atoms with Crippen LogP contribution < -0.4 is 5.73 Å². The number of allylic oxidation sites excluding steroid dienone is 1. The zero-order chi connectivity index (χ0) is 8.69. The van der Waals surface area contributed by atoms with Crippen LogP contribution in [0.5, 0.6) is 0 Å². The van der Waals surface area contributed by atoms with Gasteiger partial charge in [0.25, 0.3) is 0 Å². The van der Waals surface area contributed by atoms with Crippen LogP contribution in [0.2, 0.25) is 0 Å². The summed E-state index contributed by atoms with van der Waals surface area (Å²) in [5.41, 5.74) is 6.76. The lowest BCUT2D eigenvalue weighted by Gasteiger charge is -2.10. The van der Waals surface area contributed by atoms with Gasteiger partial charge < -0.3 is 5.73 Å². The summed E-state index contributed by atoms with van der Waals surface area (Å²) >= 11 is 0. The van der Waals surface area contributed by atoms with Gasteiger partial charge in [-0.05, 0) is 12.8 Å². The van der Waals surface area contributed by atoms with Gasteiger partial charge in [0, 0.05) is 12.5 Å². The average Bonchev–Trinajstić information content (AvgIpc) is 2.00. The SMILES string of the molecule is C#CCCC(N)C(=C)CC=C. The molecule has 0 aliphatic rings. The molecule has 0 aliphatic carbocycles. The van der Waals surface area contributed by atoms with E-state index in [2.05, 4.69) is 19.1 Å². The zero-order valence-electron chi connectivity index (χ0n) is 6.84. The topological polar surface area (TPSA) is 26.0 Å². The molecule has 0 heterocycles. The lowest BCUT2D eigenvalue weighted by atomic mass is 10.0. The molecule has 60 valence electrons. The minimum absolute atomic E-state index is 0.0315.